The fraction of sp³-hybridized carbons (Fsp3) is 0.438. The molecule has 6 saturated carbocycles. The van der Waals surface area contributed by atoms with Gasteiger partial charge in [-0.15, -0.1) is 0 Å². The summed E-state index contributed by atoms with van der Waals surface area (Å²) in [6, 6.07) is 32.4. The molecule has 162 valence electrons. The van der Waals surface area contributed by atoms with Crippen molar-refractivity contribution >= 4 is 0 Å². The largest absolute Gasteiger partial charge is 0.348 e. The van der Waals surface area contributed by atoms with Gasteiger partial charge in [0.1, 0.15) is 11.2 Å². The third-order valence-corrected chi connectivity index (χ3v) is 12.4. The van der Waals surface area contributed by atoms with Crippen LogP contribution in [0.1, 0.15) is 47.9 Å². The van der Waals surface area contributed by atoms with Gasteiger partial charge in [-0.1, -0.05) is 84.9 Å². The predicted molar refractivity (Wildman–Crippen MR) is 126 cm³/mol. The second kappa shape index (κ2) is 4.86. The van der Waals surface area contributed by atoms with E-state index in [4.69, 9.17) is 4.74 Å². The molecule has 6 unspecified atom stereocenters. The van der Waals surface area contributed by atoms with Gasteiger partial charge in [-0.25, -0.2) is 0 Å². The van der Waals surface area contributed by atoms with E-state index in [1.807, 2.05) is 0 Å². The van der Waals surface area contributed by atoms with Crippen molar-refractivity contribution in [1.29, 1.82) is 0 Å². The Kier molecular flexibility index (Phi) is 2.52. The van der Waals surface area contributed by atoms with Crippen LogP contribution in [0.25, 0.3) is 0 Å². The zero-order valence-corrected chi connectivity index (χ0v) is 18.8. The number of hydrogen-bond donors (Lipinski definition) is 0. The van der Waals surface area contributed by atoms with E-state index in [-0.39, 0.29) is 22.0 Å². The van der Waals surface area contributed by atoms with Gasteiger partial charge in [0, 0.05) is 10.8 Å². The molecule has 0 amide bonds. The number of fused-ring (bicyclic) bond motifs is 5. The lowest BCUT2D eigenvalue weighted by atomic mass is 9.37. The second-order valence-corrected chi connectivity index (χ2v) is 12.2. The SMILES string of the molecule is c1ccc(C23OC(c4ccccc4)(c4ccccc42)C24C5CCC6C5C5C(CCC52)C634)cc1. The molecule has 2 spiro atoms. The van der Waals surface area contributed by atoms with Crippen molar-refractivity contribution in [3.8, 4) is 0 Å². The average molecular weight is 429 g/mol. The molecular weight excluding hydrogens is 400 g/mol. The Morgan fingerprint density at radius 3 is 1.24 bits per heavy atom. The maximum Gasteiger partial charge on any atom is 0.127 e. The summed E-state index contributed by atoms with van der Waals surface area (Å²) in [5, 5.41) is 0. The topological polar surface area (TPSA) is 9.23 Å². The van der Waals surface area contributed by atoms with Gasteiger partial charge in [0.25, 0.3) is 0 Å². The standard InChI is InChI=1S/C32H28O/c1-3-9-19(10-4-1)31-21-13-7-8-14-22(21)32(33-31,20-11-5-2-6-12-20)30-25-17-15-23-27(25)28-24(29(23,30)31)16-18-26(28)30/h1-14,23-28H,15-18H2. The molecule has 3 aromatic rings. The van der Waals surface area contributed by atoms with Gasteiger partial charge in [-0.3, -0.25) is 0 Å². The van der Waals surface area contributed by atoms with Gasteiger partial charge in [-0.05, 0) is 83.4 Å². The quantitative estimate of drug-likeness (QED) is 0.452. The van der Waals surface area contributed by atoms with Crippen LogP contribution < -0.4 is 0 Å². The summed E-state index contributed by atoms with van der Waals surface area (Å²) >= 11 is 0. The van der Waals surface area contributed by atoms with Crippen LogP contribution in [0, 0.1) is 46.3 Å². The van der Waals surface area contributed by atoms with E-state index in [0.29, 0.717) is 0 Å². The summed E-state index contributed by atoms with van der Waals surface area (Å²) in [6.45, 7) is 0. The van der Waals surface area contributed by atoms with Crippen molar-refractivity contribution in [2.45, 2.75) is 36.9 Å². The highest BCUT2D eigenvalue weighted by molar-refractivity contribution is 5.66. The van der Waals surface area contributed by atoms with Gasteiger partial charge in [-0.2, -0.15) is 0 Å². The summed E-state index contributed by atoms with van der Waals surface area (Å²) in [5.74, 6) is 5.27. The first-order chi connectivity index (χ1) is 16.3. The maximum absolute atomic E-state index is 7.98. The Bertz CT molecular complexity index is 1230. The van der Waals surface area contributed by atoms with Crippen LogP contribution >= 0.6 is 0 Å². The highest BCUT2D eigenvalue weighted by Crippen LogP contribution is 3.03. The Morgan fingerprint density at radius 1 is 0.485 bits per heavy atom. The fourth-order valence-corrected chi connectivity index (χ4v) is 13.0. The Labute approximate surface area is 195 Å². The Balaban J connectivity index is 1.45. The van der Waals surface area contributed by atoms with E-state index in [9.17, 15) is 0 Å². The second-order valence-electron chi connectivity index (χ2n) is 12.2. The molecule has 0 radical (unpaired) electrons. The average Bonchev–Trinajstić information content (AvgIpc) is 3.72. The molecule has 33 heavy (non-hydrogen) atoms. The highest BCUT2D eigenvalue weighted by atomic mass is 16.5. The summed E-state index contributed by atoms with van der Waals surface area (Å²) in [4.78, 5) is 0. The number of rotatable bonds is 2. The Hall–Kier alpha value is -2.38. The third kappa shape index (κ3) is 1.23. The van der Waals surface area contributed by atoms with E-state index in [1.165, 1.54) is 47.9 Å². The van der Waals surface area contributed by atoms with Crippen LogP contribution in [0.2, 0.25) is 0 Å². The smallest absolute Gasteiger partial charge is 0.127 e. The van der Waals surface area contributed by atoms with Crippen LogP contribution in [-0.2, 0) is 15.9 Å². The molecule has 0 N–H and O–H groups in total. The van der Waals surface area contributed by atoms with Crippen LogP contribution in [0.4, 0.5) is 0 Å². The first-order valence-electron chi connectivity index (χ1n) is 13.3. The van der Waals surface area contributed by atoms with Gasteiger partial charge >= 0.3 is 0 Å². The Morgan fingerprint density at radius 2 is 0.848 bits per heavy atom. The zero-order valence-electron chi connectivity index (χ0n) is 18.8. The zero-order chi connectivity index (χ0) is 21.2. The molecule has 2 aliphatic heterocycles. The van der Waals surface area contributed by atoms with Crippen molar-refractivity contribution < 1.29 is 4.74 Å². The fourth-order valence-electron chi connectivity index (χ4n) is 13.0. The summed E-state index contributed by atoms with van der Waals surface area (Å²) in [6.07, 6.45) is 5.73. The predicted octanol–water partition coefficient (Wildman–Crippen LogP) is 6.52. The molecule has 11 rings (SSSR count). The molecule has 0 aromatic heterocycles. The van der Waals surface area contributed by atoms with Crippen LogP contribution in [-0.4, -0.2) is 0 Å². The van der Waals surface area contributed by atoms with Gasteiger partial charge in [0.15, 0.2) is 0 Å². The van der Waals surface area contributed by atoms with E-state index in [0.717, 1.165) is 35.5 Å². The van der Waals surface area contributed by atoms with Crippen molar-refractivity contribution in [2.75, 3.05) is 0 Å². The minimum Gasteiger partial charge on any atom is -0.348 e. The lowest BCUT2D eigenvalue weighted by Crippen LogP contribution is -2.63. The van der Waals surface area contributed by atoms with Crippen molar-refractivity contribution in [2.24, 2.45) is 46.3 Å². The number of ether oxygens (including phenoxy) is 1. The molecule has 1 nitrogen and oxygen atoms in total. The van der Waals surface area contributed by atoms with Gasteiger partial charge in [0.2, 0.25) is 0 Å². The highest BCUT2D eigenvalue weighted by Gasteiger charge is 3.03. The molecule has 2 heterocycles. The molecule has 1 saturated heterocycles. The van der Waals surface area contributed by atoms with Crippen LogP contribution in [0.5, 0.6) is 0 Å². The van der Waals surface area contributed by atoms with Crippen LogP contribution in [0.3, 0.4) is 0 Å². The lowest BCUT2D eigenvalue weighted by Gasteiger charge is -2.62. The maximum atomic E-state index is 7.98. The molecule has 8 aliphatic rings. The molecule has 3 aromatic carbocycles. The number of benzene rings is 3. The van der Waals surface area contributed by atoms with Gasteiger partial charge < -0.3 is 4.74 Å². The molecule has 7 fully saturated rings. The van der Waals surface area contributed by atoms with Crippen LogP contribution in [0.15, 0.2) is 84.9 Å². The summed E-state index contributed by atoms with van der Waals surface area (Å²) in [5.41, 5.74) is 5.79. The molecule has 10 bridgehead atoms. The first-order valence-corrected chi connectivity index (χ1v) is 13.3. The van der Waals surface area contributed by atoms with Gasteiger partial charge in [0.05, 0.1) is 0 Å². The molecule has 6 atom stereocenters. The third-order valence-electron chi connectivity index (χ3n) is 12.4. The normalized spacial score (nSPS) is 52.1. The molecule has 1 heteroatoms. The van der Waals surface area contributed by atoms with Crippen molar-refractivity contribution in [3.05, 3.63) is 107 Å². The first kappa shape index (κ1) is 17.1. The summed E-state index contributed by atoms with van der Waals surface area (Å²) < 4.78 is 7.98. The van der Waals surface area contributed by atoms with E-state index < -0.39 is 0 Å². The number of hydrogen-bond acceptors (Lipinski definition) is 1. The monoisotopic (exact) mass is 428 g/mol. The molecule has 6 aliphatic carbocycles. The summed E-state index contributed by atoms with van der Waals surface area (Å²) in [7, 11) is 0. The van der Waals surface area contributed by atoms with E-state index in [2.05, 4.69) is 84.9 Å². The minimum absolute atomic E-state index is 0.271. The molecular formula is C32H28O. The minimum atomic E-state index is -0.298. The van der Waals surface area contributed by atoms with Crippen molar-refractivity contribution in [1.82, 2.24) is 0 Å². The van der Waals surface area contributed by atoms with E-state index >= 15 is 0 Å². The lowest BCUT2D eigenvalue weighted by molar-refractivity contribution is -0.108. The van der Waals surface area contributed by atoms with E-state index in [1.54, 1.807) is 0 Å². The van der Waals surface area contributed by atoms with Crippen molar-refractivity contribution in [3.63, 3.8) is 0 Å².